The van der Waals surface area contributed by atoms with Crippen LogP contribution in [0.25, 0.3) is 5.69 Å². The van der Waals surface area contributed by atoms with E-state index in [1.165, 1.54) is 6.33 Å². The standard InChI is InChI=1S/C14H13N5/c15-14(11-8-16-10-17-9-11)13-6-7-18-19(13)12-4-2-1-3-5-12/h1-10,14H,15H2. The molecular formula is C14H13N5. The second kappa shape index (κ2) is 4.99. The normalized spacial score (nSPS) is 12.3. The lowest BCUT2D eigenvalue weighted by Gasteiger charge is -2.13. The molecule has 0 amide bonds. The molecule has 19 heavy (non-hydrogen) atoms. The van der Waals surface area contributed by atoms with Crippen molar-refractivity contribution in [2.45, 2.75) is 6.04 Å². The van der Waals surface area contributed by atoms with Crippen molar-refractivity contribution < 1.29 is 0 Å². The van der Waals surface area contributed by atoms with E-state index < -0.39 is 0 Å². The lowest BCUT2D eigenvalue weighted by molar-refractivity contribution is 0.733. The van der Waals surface area contributed by atoms with E-state index in [9.17, 15) is 0 Å². The van der Waals surface area contributed by atoms with Gasteiger partial charge in [-0.2, -0.15) is 5.10 Å². The van der Waals surface area contributed by atoms with Crippen LogP contribution in [0.3, 0.4) is 0 Å². The zero-order valence-corrected chi connectivity index (χ0v) is 10.2. The molecular weight excluding hydrogens is 238 g/mol. The second-order valence-electron chi connectivity index (χ2n) is 4.15. The molecule has 1 atom stereocenters. The third kappa shape index (κ3) is 2.23. The highest BCUT2D eigenvalue weighted by atomic mass is 15.3. The fourth-order valence-corrected chi connectivity index (χ4v) is 1.98. The molecule has 3 aromatic rings. The smallest absolute Gasteiger partial charge is 0.115 e. The molecule has 0 saturated heterocycles. The lowest BCUT2D eigenvalue weighted by atomic mass is 10.1. The first-order valence-electron chi connectivity index (χ1n) is 5.96. The van der Waals surface area contributed by atoms with E-state index >= 15 is 0 Å². The molecule has 1 unspecified atom stereocenters. The maximum Gasteiger partial charge on any atom is 0.115 e. The van der Waals surface area contributed by atoms with Crippen LogP contribution in [0.2, 0.25) is 0 Å². The summed E-state index contributed by atoms with van der Waals surface area (Å²) in [6, 6.07) is 11.5. The molecule has 0 bridgehead atoms. The van der Waals surface area contributed by atoms with Crippen LogP contribution in [0.4, 0.5) is 0 Å². The predicted octanol–water partition coefficient (Wildman–Crippen LogP) is 1.71. The Kier molecular flexibility index (Phi) is 3.04. The highest BCUT2D eigenvalue weighted by Crippen LogP contribution is 2.20. The van der Waals surface area contributed by atoms with Gasteiger partial charge in [-0.25, -0.2) is 14.6 Å². The summed E-state index contributed by atoms with van der Waals surface area (Å²) in [7, 11) is 0. The van der Waals surface area contributed by atoms with Crippen LogP contribution in [-0.2, 0) is 0 Å². The van der Waals surface area contributed by atoms with Crippen molar-refractivity contribution in [1.82, 2.24) is 19.7 Å². The number of rotatable bonds is 3. The van der Waals surface area contributed by atoms with Crippen molar-refractivity contribution in [3.05, 3.63) is 72.6 Å². The Bertz CT molecular complexity index is 648. The van der Waals surface area contributed by atoms with E-state index in [0.717, 1.165) is 16.9 Å². The van der Waals surface area contributed by atoms with Crippen molar-refractivity contribution in [3.8, 4) is 5.69 Å². The SMILES string of the molecule is NC(c1cncnc1)c1ccnn1-c1ccccc1. The topological polar surface area (TPSA) is 69.6 Å². The van der Waals surface area contributed by atoms with Gasteiger partial charge in [0.1, 0.15) is 6.33 Å². The van der Waals surface area contributed by atoms with Gasteiger partial charge in [-0.1, -0.05) is 18.2 Å². The minimum Gasteiger partial charge on any atom is -0.319 e. The molecule has 2 N–H and O–H groups in total. The van der Waals surface area contributed by atoms with Crippen LogP contribution in [0, 0.1) is 0 Å². The Morgan fingerprint density at radius 1 is 1.00 bits per heavy atom. The lowest BCUT2D eigenvalue weighted by Crippen LogP contribution is -2.17. The average molecular weight is 251 g/mol. The molecule has 1 aromatic carbocycles. The first-order chi connectivity index (χ1) is 9.36. The maximum atomic E-state index is 6.26. The van der Waals surface area contributed by atoms with Crippen LogP contribution in [0.1, 0.15) is 17.3 Å². The first-order valence-corrected chi connectivity index (χ1v) is 5.96. The van der Waals surface area contributed by atoms with Gasteiger partial charge in [0, 0.05) is 24.2 Å². The number of nitrogens with zero attached hydrogens (tertiary/aromatic N) is 4. The van der Waals surface area contributed by atoms with E-state index in [1.54, 1.807) is 18.6 Å². The van der Waals surface area contributed by atoms with Crippen LogP contribution in [0.15, 0.2) is 61.3 Å². The molecule has 5 nitrogen and oxygen atoms in total. The minimum absolute atomic E-state index is 0.302. The Labute approximate surface area is 110 Å². The van der Waals surface area contributed by atoms with Gasteiger partial charge >= 0.3 is 0 Å². The van der Waals surface area contributed by atoms with Gasteiger partial charge in [0.05, 0.1) is 17.4 Å². The van der Waals surface area contributed by atoms with Gasteiger partial charge in [0.2, 0.25) is 0 Å². The molecule has 0 aliphatic heterocycles. The van der Waals surface area contributed by atoms with Crippen LogP contribution >= 0.6 is 0 Å². The first kappa shape index (κ1) is 11.6. The molecule has 5 heteroatoms. The summed E-state index contributed by atoms with van der Waals surface area (Å²) >= 11 is 0. The molecule has 3 rings (SSSR count). The van der Waals surface area contributed by atoms with Crippen molar-refractivity contribution in [2.24, 2.45) is 5.73 Å². The number of para-hydroxylation sites is 1. The highest BCUT2D eigenvalue weighted by Gasteiger charge is 2.15. The molecule has 0 spiro atoms. The number of benzene rings is 1. The molecule has 0 aliphatic rings. The van der Waals surface area contributed by atoms with Gasteiger partial charge in [0.25, 0.3) is 0 Å². The van der Waals surface area contributed by atoms with E-state index in [2.05, 4.69) is 15.1 Å². The summed E-state index contributed by atoms with van der Waals surface area (Å²) in [5, 5.41) is 4.33. The maximum absolute atomic E-state index is 6.26. The van der Waals surface area contributed by atoms with Gasteiger partial charge in [-0.15, -0.1) is 0 Å². The van der Waals surface area contributed by atoms with Gasteiger partial charge < -0.3 is 5.73 Å². The van der Waals surface area contributed by atoms with Crippen molar-refractivity contribution in [2.75, 3.05) is 0 Å². The Balaban J connectivity index is 2.01. The van der Waals surface area contributed by atoms with E-state index in [4.69, 9.17) is 5.73 Å². The van der Waals surface area contributed by atoms with Crippen molar-refractivity contribution >= 4 is 0 Å². The molecule has 2 heterocycles. The summed E-state index contributed by atoms with van der Waals surface area (Å²) in [5.41, 5.74) is 9.00. The van der Waals surface area contributed by atoms with Gasteiger partial charge in [-0.3, -0.25) is 0 Å². The Morgan fingerprint density at radius 2 is 1.74 bits per heavy atom. The summed E-state index contributed by atoms with van der Waals surface area (Å²) in [4.78, 5) is 7.99. The third-order valence-corrected chi connectivity index (χ3v) is 2.93. The fourth-order valence-electron chi connectivity index (χ4n) is 1.98. The third-order valence-electron chi connectivity index (χ3n) is 2.93. The molecule has 0 fully saturated rings. The second-order valence-corrected chi connectivity index (χ2v) is 4.15. The van der Waals surface area contributed by atoms with E-state index in [1.807, 2.05) is 41.1 Å². The number of aromatic nitrogens is 4. The monoisotopic (exact) mass is 251 g/mol. The summed E-state index contributed by atoms with van der Waals surface area (Å²) in [6.45, 7) is 0. The highest BCUT2D eigenvalue weighted by molar-refractivity contribution is 5.35. The minimum atomic E-state index is -0.302. The molecule has 0 radical (unpaired) electrons. The zero-order chi connectivity index (χ0) is 13.1. The molecule has 0 aliphatic carbocycles. The summed E-state index contributed by atoms with van der Waals surface area (Å²) in [6.07, 6.45) is 6.68. The number of hydrogen-bond acceptors (Lipinski definition) is 4. The molecule has 94 valence electrons. The van der Waals surface area contributed by atoms with Gasteiger partial charge in [-0.05, 0) is 18.2 Å². The zero-order valence-electron chi connectivity index (χ0n) is 10.2. The van der Waals surface area contributed by atoms with E-state index in [-0.39, 0.29) is 6.04 Å². The quantitative estimate of drug-likeness (QED) is 0.769. The van der Waals surface area contributed by atoms with Crippen LogP contribution in [-0.4, -0.2) is 19.7 Å². The fraction of sp³-hybridized carbons (Fsp3) is 0.0714. The number of nitrogens with two attached hydrogens (primary N) is 1. The predicted molar refractivity (Wildman–Crippen MR) is 71.6 cm³/mol. The van der Waals surface area contributed by atoms with E-state index in [0.29, 0.717) is 0 Å². The number of hydrogen-bond donors (Lipinski definition) is 1. The largest absolute Gasteiger partial charge is 0.319 e. The van der Waals surface area contributed by atoms with Crippen LogP contribution < -0.4 is 5.73 Å². The molecule has 0 saturated carbocycles. The van der Waals surface area contributed by atoms with Gasteiger partial charge in [0.15, 0.2) is 0 Å². The Morgan fingerprint density at radius 3 is 2.47 bits per heavy atom. The van der Waals surface area contributed by atoms with Crippen molar-refractivity contribution in [1.29, 1.82) is 0 Å². The Hall–Kier alpha value is -2.53. The summed E-state index contributed by atoms with van der Waals surface area (Å²) in [5.74, 6) is 0. The molecule has 2 aromatic heterocycles. The van der Waals surface area contributed by atoms with Crippen molar-refractivity contribution in [3.63, 3.8) is 0 Å². The van der Waals surface area contributed by atoms with Crippen LogP contribution in [0.5, 0.6) is 0 Å². The summed E-state index contributed by atoms with van der Waals surface area (Å²) < 4.78 is 1.83. The average Bonchev–Trinajstić information content (AvgIpc) is 2.98.